The molecule has 1 aliphatic heterocycles. The minimum atomic E-state index is -4.73. The Hall–Kier alpha value is -3.15. The number of pyridine rings is 1. The van der Waals surface area contributed by atoms with Crippen LogP contribution in [0.4, 0.5) is 33.7 Å². The first-order valence-corrected chi connectivity index (χ1v) is 9.17. The number of nitrogens with zero attached hydrogens (tertiary/aromatic N) is 4. The van der Waals surface area contributed by atoms with E-state index < -0.39 is 29.3 Å². The number of amides is 2. The van der Waals surface area contributed by atoms with Crippen LogP contribution in [0.15, 0.2) is 36.5 Å². The Kier molecular flexibility index (Phi) is 4.65. The molecule has 1 saturated carbocycles. The van der Waals surface area contributed by atoms with Crippen molar-refractivity contribution in [2.24, 2.45) is 0 Å². The molecule has 2 unspecified atom stereocenters. The first kappa shape index (κ1) is 19.2. The zero-order valence-electron chi connectivity index (χ0n) is 15.2. The molecule has 5 nitrogen and oxygen atoms in total. The molecule has 0 N–H and O–H groups in total. The normalized spacial score (nSPS) is 21.8. The van der Waals surface area contributed by atoms with Crippen LogP contribution < -0.4 is 9.80 Å². The molecule has 0 bridgehead atoms. The lowest BCUT2D eigenvalue weighted by Crippen LogP contribution is -2.40. The largest absolute Gasteiger partial charge is 0.417 e. The third-order valence-electron chi connectivity index (χ3n) is 5.48. The monoisotopic (exact) mass is 404 g/mol. The van der Waals surface area contributed by atoms with Crippen LogP contribution in [0.25, 0.3) is 0 Å². The summed E-state index contributed by atoms with van der Waals surface area (Å²) in [5, 5.41) is 9.01. The van der Waals surface area contributed by atoms with E-state index in [9.17, 15) is 22.4 Å². The standard InChI is InChI=1S/C20H16F4N4O/c21-18-17(6-3-9-26-18)28-16-5-2-1-4-15(16)27(19(28)29)13-8-7-12(11-25)14(10-13)20(22,23)24/h3,6-10,15-16H,1-2,4-5H2. The second-order valence-electron chi connectivity index (χ2n) is 7.09. The van der Waals surface area contributed by atoms with E-state index in [1.807, 2.05) is 0 Å². The summed E-state index contributed by atoms with van der Waals surface area (Å²) < 4.78 is 54.5. The van der Waals surface area contributed by atoms with Gasteiger partial charge in [-0.05, 0) is 43.2 Å². The fraction of sp³-hybridized carbons (Fsp3) is 0.350. The molecule has 1 aliphatic carbocycles. The molecule has 29 heavy (non-hydrogen) atoms. The van der Waals surface area contributed by atoms with Gasteiger partial charge in [-0.2, -0.15) is 22.8 Å². The van der Waals surface area contributed by atoms with E-state index >= 15 is 0 Å². The summed E-state index contributed by atoms with van der Waals surface area (Å²) in [7, 11) is 0. The lowest BCUT2D eigenvalue weighted by atomic mass is 9.89. The van der Waals surface area contributed by atoms with Gasteiger partial charge in [0.1, 0.15) is 5.69 Å². The Morgan fingerprint density at radius 2 is 1.79 bits per heavy atom. The summed E-state index contributed by atoms with van der Waals surface area (Å²) in [6.07, 6.45) is -0.602. The van der Waals surface area contributed by atoms with E-state index in [0.29, 0.717) is 12.8 Å². The Balaban J connectivity index is 1.81. The number of halogens is 4. The quantitative estimate of drug-likeness (QED) is 0.530. The summed E-state index contributed by atoms with van der Waals surface area (Å²) in [5.74, 6) is -0.803. The first-order valence-electron chi connectivity index (χ1n) is 9.17. The van der Waals surface area contributed by atoms with Crippen LogP contribution in [0, 0.1) is 17.3 Å². The van der Waals surface area contributed by atoms with Crippen molar-refractivity contribution in [1.29, 1.82) is 5.26 Å². The van der Waals surface area contributed by atoms with Crippen LogP contribution in [0.1, 0.15) is 36.8 Å². The number of carbonyl (C=O) groups excluding carboxylic acids is 1. The van der Waals surface area contributed by atoms with E-state index in [2.05, 4.69) is 4.98 Å². The van der Waals surface area contributed by atoms with E-state index in [-0.39, 0.29) is 23.5 Å². The molecule has 9 heteroatoms. The second-order valence-corrected chi connectivity index (χ2v) is 7.09. The Morgan fingerprint density at radius 3 is 2.41 bits per heavy atom. The van der Waals surface area contributed by atoms with E-state index in [0.717, 1.165) is 25.0 Å². The number of alkyl halides is 3. The van der Waals surface area contributed by atoms with E-state index in [1.54, 1.807) is 0 Å². The summed E-state index contributed by atoms with van der Waals surface area (Å²) >= 11 is 0. The zero-order chi connectivity index (χ0) is 20.8. The van der Waals surface area contributed by atoms with Gasteiger partial charge in [-0.15, -0.1) is 0 Å². The van der Waals surface area contributed by atoms with Crippen LogP contribution in [0.3, 0.4) is 0 Å². The number of nitriles is 1. The van der Waals surface area contributed by atoms with Crippen LogP contribution in [0.5, 0.6) is 0 Å². The van der Waals surface area contributed by atoms with Gasteiger partial charge >= 0.3 is 12.2 Å². The fourth-order valence-corrected chi connectivity index (χ4v) is 4.25. The highest BCUT2D eigenvalue weighted by Crippen LogP contribution is 2.42. The third-order valence-corrected chi connectivity index (χ3v) is 5.48. The molecule has 0 spiro atoms. The molecule has 1 aromatic carbocycles. The number of aromatic nitrogens is 1. The molecule has 2 aliphatic rings. The van der Waals surface area contributed by atoms with Crippen molar-refractivity contribution in [2.45, 2.75) is 43.9 Å². The van der Waals surface area contributed by atoms with Crippen LogP contribution in [-0.4, -0.2) is 23.1 Å². The number of anilines is 2. The van der Waals surface area contributed by atoms with Crippen LogP contribution in [0.2, 0.25) is 0 Å². The lowest BCUT2D eigenvalue weighted by Gasteiger charge is -2.31. The minimum Gasteiger partial charge on any atom is -0.289 e. The fourth-order valence-electron chi connectivity index (χ4n) is 4.25. The topological polar surface area (TPSA) is 60.2 Å². The molecular weight excluding hydrogens is 388 g/mol. The molecule has 1 aromatic heterocycles. The van der Waals surface area contributed by atoms with E-state index in [1.165, 1.54) is 40.3 Å². The maximum Gasteiger partial charge on any atom is 0.417 e. The number of hydrogen-bond acceptors (Lipinski definition) is 3. The number of hydrogen-bond donors (Lipinski definition) is 0. The smallest absolute Gasteiger partial charge is 0.289 e. The van der Waals surface area contributed by atoms with Crippen molar-refractivity contribution in [3.05, 3.63) is 53.6 Å². The van der Waals surface area contributed by atoms with Gasteiger partial charge in [0.25, 0.3) is 0 Å². The third kappa shape index (κ3) is 3.18. The van der Waals surface area contributed by atoms with Crippen molar-refractivity contribution in [2.75, 3.05) is 9.80 Å². The maximum absolute atomic E-state index is 14.3. The van der Waals surface area contributed by atoms with Crippen molar-refractivity contribution in [3.63, 3.8) is 0 Å². The van der Waals surface area contributed by atoms with Gasteiger partial charge in [-0.1, -0.05) is 12.8 Å². The van der Waals surface area contributed by atoms with E-state index in [4.69, 9.17) is 5.26 Å². The molecule has 1 saturated heterocycles. The maximum atomic E-state index is 14.3. The molecule has 2 fully saturated rings. The molecular formula is C20H16F4N4O. The number of urea groups is 1. The molecule has 2 heterocycles. The summed E-state index contributed by atoms with van der Waals surface area (Å²) in [6, 6.07) is 6.38. The number of rotatable bonds is 2. The molecule has 2 aromatic rings. The minimum absolute atomic E-state index is 0.0154. The highest BCUT2D eigenvalue weighted by Gasteiger charge is 2.49. The van der Waals surface area contributed by atoms with Gasteiger partial charge < -0.3 is 0 Å². The average molecular weight is 404 g/mol. The van der Waals surface area contributed by atoms with Gasteiger partial charge in [0.2, 0.25) is 5.95 Å². The van der Waals surface area contributed by atoms with Crippen molar-refractivity contribution in [3.8, 4) is 6.07 Å². The molecule has 2 atom stereocenters. The Bertz CT molecular complexity index is 1000. The van der Waals surface area contributed by atoms with Gasteiger partial charge in [0.15, 0.2) is 0 Å². The molecule has 2 amide bonds. The average Bonchev–Trinajstić information content (AvgIpc) is 2.99. The number of fused-ring (bicyclic) bond motifs is 1. The highest BCUT2D eigenvalue weighted by atomic mass is 19.4. The lowest BCUT2D eigenvalue weighted by molar-refractivity contribution is -0.137. The SMILES string of the molecule is N#Cc1ccc(N2C(=O)N(c3cccnc3F)C3CCCCC32)cc1C(F)(F)F. The Labute approximate surface area is 164 Å². The summed E-state index contributed by atoms with van der Waals surface area (Å²) in [6.45, 7) is 0. The van der Waals surface area contributed by atoms with Gasteiger partial charge in [-0.25, -0.2) is 9.78 Å². The van der Waals surface area contributed by atoms with Crippen molar-refractivity contribution >= 4 is 17.4 Å². The summed E-state index contributed by atoms with van der Waals surface area (Å²) in [4.78, 5) is 19.5. The number of benzene rings is 1. The Morgan fingerprint density at radius 1 is 1.10 bits per heavy atom. The number of carbonyl (C=O) groups is 1. The predicted molar refractivity (Wildman–Crippen MR) is 96.8 cm³/mol. The van der Waals surface area contributed by atoms with Crippen LogP contribution in [-0.2, 0) is 6.18 Å². The van der Waals surface area contributed by atoms with Gasteiger partial charge in [-0.3, -0.25) is 9.80 Å². The highest BCUT2D eigenvalue weighted by molar-refractivity contribution is 6.07. The molecule has 0 radical (unpaired) electrons. The van der Waals surface area contributed by atoms with Crippen molar-refractivity contribution in [1.82, 2.24) is 4.98 Å². The zero-order valence-corrected chi connectivity index (χ0v) is 15.2. The van der Waals surface area contributed by atoms with Gasteiger partial charge in [0.05, 0.1) is 29.3 Å². The first-order chi connectivity index (χ1) is 13.8. The molecule has 4 rings (SSSR count). The van der Waals surface area contributed by atoms with Gasteiger partial charge in [0, 0.05) is 11.9 Å². The second kappa shape index (κ2) is 7.03. The predicted octanol–water partition coefficient (Wildman–Crippen LogP) is 4.87. The van der Waals surface area contributed by atoms with Crippen LogP contribution >= 0.6 is 0 Å². The summed E-state index contributed by atoms with van der Waals surface area (Å²) in [5.41, 5.74) is -1.54. The van der Waals surface area contributed by atoms with Crippen molar-refractivity contribution < 1.29 is 22.4 Å². The molecule has 150 valence electrons.